The Morgan fingerprint density at radius 1 is 1.50 bits per heavy atom. The molecule has 2 heterocycles. The summed E-state index contributed by atoms with van der Waals surface area (Å²) in [6.45, 7) is 6.74. The number of rotatable bonds is 1. The van der Waals surface area contributed by atoms with Crippen molar-refractivity contribution in [3.05, 3.63) is 0 Å². The summed E-state index contributed by atoms with van der Waals surface area (Å²) in [6.07, 6.45) is 1.09. The lowest BCUT2D eigenvalue weighted by Gasteiger charge is -2.35. The van der Waals surface area contributed by atoms with Gasteiger partial charge in [-0.15, -0.1) is 0 Å². The van der Waals surface area contributed by atoms with Gasteiger partial charge in [0.2, 0.25) is 0 Å². The van der Waals surface area contributed by atoms with Crippen LogP contribution in [0.25, 0.3) is 0 Å². The van der Waals surface area contributed by atoms with Crippen molar-refractivity contribution in [1.82, 2.24) is 0 Å². The summed E-state index contributed by atoms with van der Waals surface area (Å²) in [4.78, 5) is 0. The highest BCUT2D eigenvalue weighted by Gasteiger charge is 2.59. The Bertz CT molecular complexity index is 199. The summed E-state index contributed by atoms with van der Waals surface area (Å²) >= 11 is 2.00. The maximum atomic E-state index is 5.89. The Hall–Kier alpha value is 0.375. The van der Waals surface area contributed by atoms with Gasteiger partial charge in [-0.05, 0) is 12.3 Å². The van der Waals surface area contributed by atoms with Crippen LogP contribution < -0.4 is 0 Å². The minimum Gasteiger partial charge on any atom is -0.379 e. The third-order valence-electron chi connectivity index (χ3n) is 3.54. The van der Waals surface area contributed by atoms with Gasteiger partial charge >= 0.3 is 0 Å². The van der Waals surface area contributed by atoms with E-state index >= 15 is 0 Å². The van der Waals surface area contributed by atoms with Crippen molar-refractivity contribution in [3.8, 4) is 0 Å². The van der Waals surface area contributed by atoms with Crippen LogP contribution in [-0.4, -0.2) is 30.0 Å². The van der Waals surface area contributed by atoms with E-state index in [1.165, 1.54) is 0 Å². The van der Waals surface area contributed by atoms with Crippen LogP contribution in [0.4, 0.5) is 0 Å². The average molecular weight is 182 g/mol. The van der Waals surface area contributed by atoms with Gasteiger partial charge in [-0.3, -0.25) is 0 Å². The molecule has 1 nitrogen and oxygen atoms in total. The maximum Gasteiger partial charge on any atom is 0.110 e. The van der Waals surface area contributed by atoms with Crippen molar-refractivity contribution in [2.75, 3.05) is 0 Å². The smallest absolute Gasteiger partial charge is 0.110 e. The van der Waals surface area contributed by atoms with Crippen molar-refractivity contribution < 1.29 is 4.74 Å². The largest absolute Gasteiger partial charge is 0.379 e. The predicted octanol–water partition coefficient (Wildman–Crippen LogP) is 1.80. The van der Waals surface area contributed by atoms with E-state index in [4.69, 9.17) is 12.6 Å². The molecule has 0 N–H and O–H groups in total. The van der Waals surface area contributed by atoms with Crippen LogP contribution in [0.3, 0.4) is 0 Å². The summed E-state index contributed by atoms with van der Waals surface area (Å²) < 4.78 is 5.88. The molecule has 2 saturated heterocycles. The molecule has 0 aromatic carbocycles. The SMILES string of the molecule is [B][C@@H]1O[C@@]2(CC)C(C)S[C@H]1C2C. The average Bonchev–Trinajstić information content (AvgIpc) is 2.41. The molecule has 2 fully saturated rings. The molecule has 2 radical (unpaired) electrons. The van der Waals surface area contributed by atoms with E-state index in [-0.39, 0.29) is 11.6 Å². The van der Waals surface area contributed by atoms with Crippen LogP contribution in [0.5, 0.6) is 0 Å². The summed E-state index contributed by atoms with van der Waals surface area (Å²) in [5.41, 5.74) is 0.0781. The van der Waals surface area contributed by atoms with Gasteiger partial charge < -0.3 is 4.74 Å². The number of hydrogen-bond donors (Lipinski definition) is 0. The van der Waals surface area contributed by atoms with E-state index in [1.54, 1.807) is 0 Å². The Kier molecular flexibility index (Phi) is 2.00. The normalized spacial score (nSPS) is 57.9. The second-order valence-corrected chi connectivity index (χ2v) is 5.45. The lowest BCUT2D eigenvalue weighted by Crippen LogP contribution is -2.41. The molecule has 0 aromatic rings. The van der Waals surface area contributed by atoms with E-state index in [0.717, 1.165) is 6.42 Å². The van der Waals surface area contributed by atoms with Crippen molar-refractivity contribution in [3.63, 3.8) is 0 Å². The Balaban J connectivity index is 2.30. The van der Waals surface area contributed by atoms with Crippen molar-refractivity contribution in [1.29, 1.82) is 0 Å². The fourth-order valence-electron chi connectivity index (χ4n) is 2.70. The van der Waals surface area contributed by atoms with Crippen molar-refractivity contribution in [2.24, 2.45) is 5.92 Å². The topological polar surface area (TPSA) is 9.23 Å². The minimum atomic E-state index is -0.0267. The second-order valence-electron chi connectivity index (χ2n) is 3.92. The zero-order valence-electron chi connectivity index (χ0n) is 7.91. The Morgan fingerprint density at radius 3 is 2.50 bits per heavy atom. The van der Waals surface area contributed by atoms with E-state index in [2.05, 4.69) is 20.8 Å². The van der Waals surface area contributed by atoms with Gasteiger partial charge in [0.05, 0.1) is 5.60 Å². The summed E-state index contributed by atoms with van der Waals surface area (Å²) in [6, 6.07) is -0.0267. The van der Waals surface area contributed by atoms with Crippen molar-refractivity contribution in [2.45, 2.75) is 49.3 Å². The van der Waals surface area contributed by atoms with Crippen LogP contribution in [-0.2, 0) is 4.74 Å². The molecule has 0 spiro atoms. The number of fused-ring (bicyclic) bond motifs is 2. The van der Waals surface area contributed by atoms with Crippen LogP contribution in [0.1, 0.15) is 27.2 Å². The fourth-order valence-corrected chi connectivity index (χ4v) is 4.51. The monoisotopic (exact) mass is 182 g/mol. The van der Waals surface area contributed by atoms with Gasteiger partial charge in [-0.25, -0.2) is 0 Å². The lowest BCUT2D eigenvalue weighted by atomic mass is 9.82. The highest BCUT2D eigenvalue weighted by molar-refractivity contribution is 8.01. The van der Waals surface area contributed by atoms with Crippen LogP contribution in [0.15, 0.2) is 0 Å². The predicted molar refractivity (Wildman–Crippen MR) is 53.7 cm³/mol. The third kappa shape index (κ3) is 0.870. The highest BCUT2D eigenvalue weighted by Crippen LogP contribution is 2.56. The number of ether oxygens (including phenoxy) is 1. The minimum absolute atomic E-state index is 0.0267. The van der Waals surface area contributed by atoms with Crippen molar-refractivity contribution >= 4 is 19.6 Å². The summed E-state index contributed by atoms with van der Waals surface area (Å²) in [5.74, 6) is 0.623. The highest BCUT2D eigenvalue weighted by atomic mass is 32.2. The molecule has 12 heavy (non-hydrogen) atoms. The van der Waals surface area contributed by atoms with Crippen LogP contribution in [0, 0.1) is 5.92 Å². The van der Waals surface area contributed by atoms with Gasteiger partial charge in [-0.2, -0.15) is 11.8 Å². The molecule has 0 aliphatic carbocycles. The fraction of sp³-hybridized carbons (Fsp3) is 1.00. The molecule has 0 amide bonds. The van der Waals surface area contributed by atoms with E-state index < -0.39 is 0 Å². The first kappa shape index (κ1) is 8.95. The molecule has 2 aliphatic heterocycles. The molecule has 2 rings (SSSR count). The maximum absolute atomic E-state index is 5.89. The third-order valence-corrected chi connectivity index (χ3v) is 5.34. The van der Waals surface area contributed by atoms with Crippen LogP contribution >= 0.6 is 11.8 Å². The zero-order chi connectivity index (χ0) is 8.93. The first-order valence-corrected chi connectivity index (χ1v) is 5.65. The van der Waals surface area contributed by atoms with Crippen LogP contribution in [0.2, 0.25) is 0 Å². The molecule has 5 atom stereocenters. The quantitative estimate of drug-likeness (QED) is 0.572. The first-order valence-electron chi connectivity index (χ1n) is 4.70. The lowest BCUT2D eigenvalue weighted by molar-refractivity contribution is -0.0332. The van der Waals surface area contributed by atoms with E-state index in [9.17, 15) is 0 Å². The number of thioether (sulfide) groups is 1. The Morgan fingerprint density at radius 2 is 2.17 bits per heavy atom. The van der Waals surface area contributed by atoms with Gasteiger partial charge in [0.25, 0.3) is 0 Å². The molecule has 0 saturated carbocycles. The van der Waals surface area contributed by atoms with E-state index in [1.807, 2.05) is 11.8 Å². The molecule has 2 aliphatic rings. The molecular formula is C9H15BOS. The summed E-state index contributed by atoms with van der Waals surface area (Å²) in [5, 5.41) is 1.14. The summed E-state index contributed by atoms with van der Waals surface area (Å²) in [7, 11) is 5.89. The molecule has 2 bridgehead atoms. The van der Waals surface area contributed by atoms with Gasteiger partial charge in [0.15, 0.2) is 0 Å². The molecule has 2 unspecified atom stereocenters. The van der Waals surface area contributed by atoms with Gasteiger partial charge in [0.1, 0.15) is 7.85 Å². The molecule has 66 valence electrons. The standard InChI is InChI=1S/C9H15BOS/c1-4-9-5(2)7(8(10)11-9)12-6(9)3/h5-8H,4H2,1-3H3/t5?,6?,7-,8+,9+/m0/s1. The van der Waals surface area contributed by atoms with E-state index in [0.29, 0.717) is 16.4 Å². The first-order chi connectivity index (χ1) is 5.62. The molecule has 3 heteroatoms. The van der Waals surface area contributed by atoms with Gasteiger partial charge in [-0.1, -0.05) is 20.8 Å². The Labute approximate surface area is 80.0 Å². The second kappa shape index (κ2) is 2.68. The zero-order valence-corrected chi connectivity index (χ0v) is 8.73. The number of hydrogen-bond acceptors (Lipinski definition) is 2. The van der Waals surface area contributed by atoms with Gasteiger partial charge in [0, 0.05) is 16.5 Å². The molecule has 0 aromatic heterocycles. The molecular weight excluding hydrogens is 167 g/mol.